The molecule has 1 aliphatic rings. The van der Waals surface area contributed by atoms with Crippen LogP contribution in [0.15, 0.2) is 18.6 Å². The second-order valence-corrected chi connectivity index (χ2v) is 6.40. The number of carbonyl (C=O) groups is 1. The van der Waals surface area contributed by atoms with Crippen molar-refractivity contribution in [2.45, 2.75) is 45.3 Å². The van der Waals surface area contributed by atoms with Crippen LogP contribution in [-0.4, -0.2) is 52.7 Å². The summed E-state index contributed by atoms with van der Waals surface area (Å²) in [5, 5.41) is 0. The van der Waals surface area contributed by atoms with Crippen molar-refractivity contribution in [1.82, 2.24) is 14.9 Å². The fourth-order valence-electron chi connectivity index (χ4n) is 2.42. The van der Waals surface area contributed by atoms with Crippen molar-refractivity contribution in [1.29, 1.82) is 0 Å². The lowest BCUT2D eigenvalue weighted by Crippen LogP contribution is -2.50. The number of hydrogen-bond acceptors (Lipinski definition) is 5. The van der Waals surface area contributed by atoms with Gasteiger partial charge >= 0.3 is 6.09 Å². The number of amides is 1. The largest absolute Gasteiger partial charge is 0.444 e. The van der Waals surface area contributed by atoms with Crippen molar-refractivity contribution in [2.75, 3.05) is 25.0 Å². The fraction of sp³-hybridized carbons (Fsp3) is 0.667. The first kappa shape index (κ1) is 15.5. The average molecular weight is 292 g/mol. The smallest absolute Gasteiger partial charge is 0.410 e. The molecule has 0 spiro atoms. The van der Waals surface area contributed by atoms with Crippen LogP contribution in [0.25, 0.3) is 0 Å². The molecule has 0 aliphatic carbocycles. The van der Waals surface area contributed by atoms with Crippen molar-refractivity contribution in [2.24, 2.45) is 0 Å². The molecule has 1 atom stereocenters. The highest BCUT2D eigenvalue weighted by Gasteiger charge is 2.29. The van der Waals surface area contributed by atoms with E-state index in [9.17, 15) is 4.79 Å². The molecule has 0 bridgehead atoms. The molecule has 1 amide bonds. The van der Waals surface area contributed by atoms with Crippen LogP contribution in [0.3, 0.4) is 0 Å². The molecule has 0 N–H and O–H groups in total. The van der Waals surface area contributed by atoms with Crippen molar-refractivity contribution < 1.29 is 9.53 Å². The SMILES string of the molecule is CN(c1cnccn1)[C@H]1CCCN(C(=O)OC(C)(C)C)C1. The highest BCUT2D eigenvalue weighted by Crippen LogP contribution is 2.20. The predicted molar refractivity (Wildman–Crippen MR) is 81.3 cm³/mol. The molecule has 0 aromatic carbocycles. The second kappa shape index (κ2) is 6.28. The molecule has 1 fully saturated rings. The number of ether oxygens (including phenoxy) is 1. The maximum absolute atomic E-state index is 12.2. The van der Waals surface area contributed by atoms with Gasteiger partial charge in [-0.2, -0.15) is 0 Å². The number of aromatic nitrogens is 2. The van der Waals surface area contributed by atoms with E-state index in [-0.39, 0.29) is 12.1 Å². The van der Waals surface area contributed by atoms with Crippen molar-refractivity contribution >= 4 is 11.9 Å². The monoisotopic (exact) mass is 292 g/mol. The summed E-state index contributed by atoms with van der Waals surface area (Å²) >= 11 is 0. The van der Waals surface area contributed by atoms with Crippen LogP contribution < -0.4 is 4.90 Å². The Hall–Kier alpha value is -1.85. The molecule has 1 aromatic rings. The van der Waals surface area contributed by atoms with E-state index in [0.29, 0.717) is 6.54 Å². The van der Waals surface area contributed by atoms with E-state index in [1.54, 1.807) is 23.5 Å². The van der Waals surface area contributed by atoms with Crippen molar-refractivity contribution in [3.8, 4) is 0 Å². The van der Waals surface area contributed by atoms with Gasteiger partial charge in [0.25, 0.3) is 0 Å². The molecule has 1 saturated heterocycles. The summed E-state index contributed by atoms with van der Waals surface area (Å²) < 4.78 is 5.45. The zero-order chi connectivity index (χ0) is 15.5. The van der Waals surface area contributed by atoms with Gasteiger partial charge in [0.1, 0.15) is 11.4 Å². The van der Waals surface area contributed by atoms with Crippen molar-refractivity contribution in [3.63, 3.8) is 0 Å². The molecular formula is C15H24N4O2. The number of likely N-dealkylation sites (tertiary alicyclic amines) is 1. The lowest BCUT2D eigenvalue weighted by atomic mass is 10.0. The minimum absolute atomic E-state index is 0.236. The van der Waals surface area contributed by atoms with Crippen LogP contribution >= 0.6 is 0 Å². The Balaban J connectivity index is 1.99. The van der Waals surface area contributed by atoms with E-state index in [1.807, 2.05) is 27.8 Å². The topological polar surface area (TPSA) is 58.6 Å². The van der Waals surface area contributed by atoms with Gasteiger partial charge in [-0.1, -0.05) is 0 Å². The summed E-state index contributed by atoms with van der Waals surface area (Å²) in [7, 11) is 1.99. The number of anilines is 1. The van der Waals surface area contributed by atoms with E-state index in [2.05, 4.69) is 14.9 Å². The summed E-state index contributed by atoms with van der Waals surface area (Å²) in [5.41, 5.74) is -0.458. The van der Waals surface area contributed by atoms with Crippen LogP contribution in [0.1, 0.15) is 33.6 Å². The molecule has 0 radical (unpaired) electrons. The fourth-order valence-corrected chi connectivity index (χ4v) is 2.42. The molecule has 21 heavy (non-hydrogen) atoms. The van der Waals surface area contributed by atoms with Gasteiger partial charge in [0.15, 0.2) is 0 Å². The van der Waals surface area contributed by atoms with Gasteiger partial charge in [0.2, 0.25) is 0 Å². The third kappa shape index (κ3) is 4.31. The van der Waals surface area contributed by atoms with Gasteiger partial charge in [0, 0.05) is 38.6 Å². The molecule has 6 nitrogen and oxygen atoms in total. The molecule has 0 saturated carbocycles. The Morgan fingerprint density at radius 2 is 2.19 bits per heavy atom. The maximum atomic E-state index is 12.2. The van der Waals surface area contributed by atoms with Crippen LogP contribution in [-0.2, 0) is 4.74 Å². The minimum atomic E-state index is -0.458. The van der Waals surface area contributed by atoms with Gasteiger partial charge < -0.3 is 14.5 Å². The van der Waals surface area contributed by atoms with Gasteiger partial charge in [0.05, 0.1) is 6.20 Å². The molecule has 116 valence electrons. The first-order chi connectivity index (χ1) is 9.87. The summed E-state index contributed by atoms with van der Waals surface area (Å²) in [4.78, 5) is 24.5. The summed E-state index contributed by atoms with van der Waals surface area (Å²) in [6.45, 7) is 7.07. The van der Waals surface area contributed by atoms with E-state index in [1.165, 1.54) is 0 Å². The van der Waals surface area contributed by atoms with Crippen molar-refractivity contribution in [3.05, 3.63) is 18.6 Å². The number of rotatable bonds is 2. The first-order valence-electron chi connectivity index (χ1n) is 7.33. The summed E-state index contributed by atoms with van der Waals surface area (Å²) in [6.07, 6.45) is 6.85. The third-order valence-corrected chi connectivity index (χ3v) is 3.51. The van der Waals surface area contributed by atoms with Gasteiger partial charge in [-0.05, 0) is 33.6 Å². The normalized spacial score (nSPS) is 19.2. The van der Waals surface area contributed by atoms with E-state index >= 15 is 0 Å². The van der Waals surface area contributed by atoms with Crippen LogP contribution in [0.2, 0.25) is 0 Å². The quantitative estimate of drug-likeness (QED) is 0.837. The second-order valence-electron chi connectivity index (χ2n) is 6.40. The van der Waals surface area contributed by atoms with E-state index in [0.717, 1.165) is 25.2 Å². The Morgan fingerprint density at radius 3 is 2.81 bits per heavy atom. The third-order valence-electron chi connectivity index (χ3n) is 3.51. The zero-order valence-corrected chi connectivity index (χ0v) is 13.2. The molecule has 6 heteroatoms. The Bertz CT molecular complexity index is 472. The molecule has 2 heterocycles. The Labute approximate surface area is 126 Å². The van der Waals surface area contributed by atoms with Gasteiger partial charge in [-0.3, -0.25) is 4.98 Å². The predicted octanol–water partition coefficient (Wildman–Crippen LogP) is 2.31. The Kier molecular flexibility index (Phi) is 4.65. The van der Waals surface area contributed by atoms with Gasteiger partial charge in [-0.15, -0.1) is 0 Å². The number of carbonyl (C=O) groups excluding carboxylic acids is 1. The molecule has 0 unspecified atom stereocenters. The van der Waals surface area contributed by atoms with Gasteiger partial charge in [-0.25, -0.2) is 9.78 Å². The average Bonchev–Trinajstić information content (AvgIpc) is 2.46. The minimum Gasteiger partial charge on any atom is -0.444 e. The summed E-state index contributed by atoms with van der Waals surface area (Å²) in [5.74, 6) is 0.827. The lowest BCUT2D eigenvalue weighted by Gasteiger charge is -2.38. The molecule has 1 aromatic heterocycles. The number of piperidine rings is 1. The zero-order valence-electron chi connectivity index (χ0n) is 13.2. The van der Waals surface area contributed by atoms with E-state index < -0.39 is 5.60 Å². The molecule has 2 rings (SSSR count). The number of nitrogens with zero attached hydrogens (tertiary/aromatic N) is 4. The first-order valence-corrected chi connectivity index (χ1v) is 7.33. The van der Waals surface area contributed by atoms with Crippen LogP contribution in [0.5, 0.6) is 0 Å². The highest BCUT2D eigenvalue weighted by atomic mass is 16.6. The lowest BCUT2D eigenvalue weighted by molar-refractivity contribution is 0.0199. The maximum Gasteiger partial charge on any atom is 0.410 e. The van der Waals surface area contributed by atoms with Crippen LogP contribution in [0, 0.1) is 0 Å². The number of likely N-dealkylation sites (N-methyl/N-ethyl adjacent to an activating group) is 1. The highest BCUT2D eigenvalue weighted by molar-refractivity contribution is 5.68. The summed E-state index contributed by atoms with van der Waals surface area (Å²) in [6, 6.07) is 0.239. The standard InChI is InChI=1S/C15H24N4O2/c1-15(2,3)21-14(20)19-9-5-6-12(11-19)18(4)13-10-16-7-8-17-13/h7-8,10,12H,5-6,9,11H2,1-4H3/t12-/m0/s1. The Morgan fingerprint density at radius 1 is 1.43 bits per heavy atom. The molecular weight excluding hydrogens is 268 g/mol. The number of hydrogen-bond donors (Lipinski definition) is 0. The van der Waals surface area contributed by atoms with E-state index in [4.69, 9.17) is 4.74 Å². The molecule has 1 aliphatic heterocycles. The van der Waals surface area contributed by atoms with Crippen LogP contribution in [0.4, 0.5) is 10.6 Å².